The molecular formula is C25H26BrFN8O. The number of hydrogen-bond acceptors (Lipinski definition) is 7. The molecule has 0 unspecified atom stereocenters. The number of aryl methyl sites for hydroxylation is 2. The van der Waals surface area contributed by atoms with E-state index in [0.717, 1.165) is 21.1 Å². The maximum Gasteiger partial charge on any atom is 0.239 e. The van der Waals surface area contributed by atoms with E-state index in [9.17, 15) is 9.18 Å². The molecule has 0 saturated carbocycles. The Bertz CT molecular complexity index is 1440. The number of nitrogens with zero attached hydrogens (tertiary/aromatic N) is 7. The molecule has 1 amide bonds. The SMILES string of the molecule is Cc1ccc(-n2cc3c(N4CCN(C)[C@H](C(=O)NCc5cc(C)c(Br)cn5)C4)ncnc3n2)cc1F. The van der Waals surface area contributed by atoms with Crippen molar-refractivity contribution in [2.45, 2.75) is 26.4 Å². The molecule has 9 nitrogen and oxygen atoms in total. The fourth-order valence-electron chi connectivity index (χ4n) is 4.27. The molecule has 0 spiro atoms. The van der Waals surface area contributed by atoms with Crippen LogP contribution in [0.2, 0.25) is 0 Å². The highest BCUT2D eigenvalue weighted by atomic mass is 79.9. The van der Waals surface area contributed by atoms with E-state index in [4.69, 9.17) is 0 Å². The second kappa shape index (κ2) is 9.90. The third-order valence-electron chi connectivity index (χ3n) is 6.51. The summed E-state index contributed by atoms with van der Waals surface area (Å²) in [5.41, 5.74) is 3.56. The van der Waals surface area contributed by atoms with E-state index in [1.54, 1.807) is 23.9 Å². The predicted molar refractivity (Wildman–Crippen MR) is 139 cm³/mol. The van der Waals surface area contributed by atoms with Crippen molar-refractivity contribution in [3.05, 3.63) is 70.1 Å². The lowest BCUT2D eigenvalue weighted by Crippen LogP contribution is -2.57. The highest BCUT2D eigenvalue weighted by molar-refractivity contribution is 9.10. The number of halogens is 2. The van der Waals surface area contributed by atoms with Gasteiger partial charge in [0.2, 0.25) is 5.91 Å². The molecule has 36 heavy (non-hydrogen) atoms. The second-order valence-corrected chi connectivity index (χ2v) is 9.88. The Balaban J connectivity index is 1.35. The van der Waals surface area contributed by atoms with Crippen molar-refractivity contribution in [2.24, 2.45) is 0 Å². The molecule has 1 fully saturated rings. The number of rotatable bonds is 5. The molecule has 4 aromatic rings. The van der Waals surface area contributed by atoms with Crippen LogP contribution in [0.4, 0.5) is 10.2 Å². The third-order valence-corrected chi connectivity index (χ3v) is 7.34. The number of carbonyl (C=O) groups excluding carboxylic acids is 1. The molecule has 0 aliphatic carbocycles. The first kappa shape index (κ1) is 24.3. The van der Waals surface area contributed by atoms with Crippen LogP contribution in [0, 0.1) is 19.7 Å². The molecule has 5 rings (SSSR count). The quantitative estimate of drug-likeness (QED) is 0.406. The van der Waals surface area contributed by atoms with Crippen molar-refractivity contribution in [3.8, 4) is 5.69 Å². The van der Waals surface area contributed by atoms with Gasteiger partial charge in [-0.1, -0.05) is 6.07 Å². The van der Waals surface area contributed by atoms with Crippen LogP contribution in [-0.2, 0) is 11.3 Å². The number of amides is 1. The molecule has 0 radical (unpaired) electrons. The van der Waals surface area contributed by atoms with Gasteiger partial charge in [-0.25, -0.2) is 19.0 Å². The Hall–Kier alpha value is -3.44. The van der Waals surface area contributed by atoms with Gasteiger partial charge >= 0.3 is 0 Å². The normalized spacial score (nSPS) is 16.5. The number of aromatic nitrogens is 5. The first-order chi connectivity index (χ1) is 17.3. The molecular weight excluding hydrogens is 527 g/mol. The van der Waals surface area contributed by atoms with E-state index in [2.05, 4.69) is 46.2 Å². The van der Waals surface area contributed by atoms with Gasteiger partial charge in [-0.15, -0.1) is 5.10 Å². The van der Waals surface area contributed by atoms with E-state index in [1.807, 2.05) is 37.2 Å². The van der Waals surface area contributed by atoms with Gasteiger partial charge in [0, 0.05) is 36.5 Å². The number of pyridine rings is 1. The largest absolute Gasteiger partial charge is 0.353 e. The summed E-state index contributed by atoms with van der Waals surface area (Å²) in [5, 5.41) is 8.29. The number of anilines is 1. The van der Waals surface area contributed by atoms with Gasteiger partial charge in [0.1, 0.15) is 24.0 Å². The topological polar surface area (TPSA) is 92.1 Å². The van der Waals surface area contributed by atoms with Gasteiger partial charge in [-0.2, -0.15) is 0 Å². The minimum atomic E-state index is -0.360. The Morgan fingerprint density at radius 2 is 2.00 bits per heavy atom. The van der Waals surface area contributed by atoms with E-state index < -0.39 is 0 Å². The minimum Gasteiger partial charge on any atom is -0.353 e. The van der Waals surface area contributed by atoms with Gasteiger partial charge in [-0.3, -0.25) is 14.7 Å². The molecule has 3 aromatic heterocycles. The summed E-state index contributed by atoms with van der Waals surface area (Å²) in [7, 11) is 1.95. The van der Waals surface area contributed by atoms with Crippen LogP contribution in [0.5, 0.6) is 0 Å². The predicted octanol–water partition coefficient (Wildman–Crippen LogP) is 3.17. The van der Waals surface area contributed by atoms with E-state index in [0.29, 0.717) is 48.9 Å². The van der Waals surface area contributed by atoms with Gasteiger partial charge in [0.25, 0.3) is 0 Å². The molecule has 1 aromatic carbocycles. The fourth-order valence-corrected chi connectivity index (χ4v) is 4.49. The van der Waals surface area contributed by atoms with Crippen LogP contribution in [0.15, 0.2) is 47.5 Å². The van der Waals surface area contributed by atoms with Crippen LogP contribution >= 0.6 is 15.9 Å². The number of nitrogens with one attached hydrogen (secondary N) is 1. The maximum atomic E-state index is 14.1. The average Bonchev–Trinajstić information content (AvgIpc) is 3.31. The summed E-state index contributed by atoms with van der Waals surface area (Å²) < 4.78 is 16.7. The number of benzene rings is 1. The van der Waals surface area contributed by atoms with Gasteiger partial charge in [0.05, 0.1) is 23.3 Å². The van der Waals surface area contributed by atoms with E-state index in [1.165, 1.54) is 12.4 Å². The average molecular weight is 553 g/mol. The first-order valence-electron chi connectivity index (χ1n) is 11.6. The third kappa shape index (κ3) is 4.80. The minimum absolute atomic E-state index is 0.0688. The zero-order valence-corrected chi connectivity index (χ0v) is 21.8. The molecule has 186 valence electrons. The van der Waals surface area contributed by atoms with E-state index >= 15 is 0 Å². The van der Waals surface area contributed by atoms with Crippen molar-refractivity contribution in [2.75, 3.05) is 31.6 Å². The van der Waals surface area contributed by atoms with Crippen LogP contribution in [0.25, 0.3) is 16.7 Å². The van der Waals surface area contributed by atoms with Gasteiger partial charge in [0.15, 0.2) is 5.65 Å². The monoisotopic (exact) mass is 552 g/mol. The molecule has 4 heterocycles. The molecule has 11 heteroatoms. The lowest BCUT2D eigenvalue weighted by atomic mass is 10.1. The summed E-state index contributed by atoms with van der Waals surface area (Å²) in [6.07, 6.45) is 5.03. The lowest BCUT2D eigenvalue weighted by molar-refractivity contribution is -0.126. The van der Waals surface area contributed by atoms with Crippen LogP contribution in [0.3, 0.4) is 0 Å². The Kier molecular flexibility index (Phi) is 6.67. The number of hydrogen-bond donors (Lipinski definition) is 1. The first-order valence-corrected chi connectivity index (χ1v) is 12.4. The van der Waals surface area contributed by atoms with Crippen molar-refractivity contribution in [1.29, 1.82) is 0 Å². The molecule has 1 N–H and O–H groups in total. The zero-order chi connectivity index (χ0) is 25.4. The zero-order valence-electron chi connectivity index (χ0n) is 20.2. The van der Waals surface area contributed by atoms with Crippen molar-refractivity contribution in [3.63, 3.8) is 0 Å². The highest BCUT2D eigenvalue weighted by Crippen LogP contribution is 2.26. The van der Waals surface area contributed by atoms with Crippen molar-refractivity contribution >= 4 is 38.7 Å². The van der Waals surface area contributed by atoms with Crippen LogP contribution in [-0.4, -0.2) is 68.3 Å². The van der Waals surface area contributed by atoms with Gasteiger partial charge in [-0.05, 0) is 66.2 Å². The van der Waals surface area contributed by atoms with Gasteiger partial charge < -0.3 is 10.2 Å². The molecule has 1 saturated heterocycles. The number of piperazine rings is 1. The summed E-state index contributed by atoms with van der Waals surface area (Å²) in [6.45, 7) is 5.92. The Morgan fingerprint density at radius 3 is 2.78 bits per heavy atom. The van der Waals surface area contributed by atoms with Crippen LogP contribution < -0.4 is 10.2 Å². The number of carbonyl (C=O) groups is 1. The van der Waals surface area contributed by atoms with Crippen molar-refractivity contribution in [1.82, 2.24) is 34.9 Å². The van der Waals surface area contributed by atoms with Crippen molar-refractivity contribution < 1.29 is 9.18 Å². The van der Waals surface area contributed by atoms with Crippen LogP contribution in [0.1, 0.15) is 16.8 Å². The fraction of sp³-hybridized carbons (Fsp3) is 0.320. The summed E-state index contributed by atoms with van der Waals surface area (Å²) >= 11 is 3.45. The molecule has 0 bridgehead atoms. The standard InChI is InChI=1S/C25H26BrFN8O/c1-15-4-5-18(9-21(15)27)35-12-19-23(32-35)30-14-31-24(19)34-7-6-33(3)22(13-34)25(36)29-10-17-8-16(2)20(26)11-28-17/h4-5,8-9,11-12,14,22H,6-7,10,13H2,1-3H3,(H,29,36)/t22-/m0/s1. The smallest absolute Gasteiger partial charge is 0.239 e. The Morgan fingerprint density at radius 1 is 1.17 bits per heavy atom. The molecule has 1 atom stereocenters. The highest BCUT2D eigenvalue weighted by Gasteiger charge is 2.31. The molecule has 1 aliphatic rings. The lowest BCUT2D eigenvalue weighted by Gasteiger charge is -2.39. The number of likely N-dealkylation sites (N-methyl/N-ethyl adjacent to an activating group) is 1. The maximum absolute atomic E-state index is 14.1. The summed E-state index contributed by atoms with van der Waals surface area (Å²) in [4.78, 5) is 30.4. The number of fused-ring (bicyclic) bond motifs is 1. The summed E-state index contributed by atoms with van der Waals surface area (Å²) in [5.74, 6) is 0.343. The molecule has 1 aliphatic heterocycles. The summed E-state index contributed by atoms with van der Waals surface area (Å²) in [6, 6.07) is 6.58. The second-order valence-electron chi connectivity index (χ2n) is 9.03. The van der Waals surface area contributed by atoms with E-state index in [-0.39, 0.29) is 17.8 Å². The Labute approximate surface area is 216 Å².